The number of cyclic esters (lactones) is 2. The lowest BCUT2D eigenvalue weighted by Crippen LogP contribution is -2.51. The number of carbonyl (C=O) groups is 2. The van der Waals surface area contributed by atoms with E-state index in [1.54, 1.807) is 18.7 Å². The van der Waals surface area contributed by atoms with Gasteiger partial charge in [-0.15, -0.1) is 0 Å². The number of ether oxygens (including phenoxy) is 2. The van der Waals surface area contributed by atoms with Gasteiger partial charge >= 0.3 is 11.9 Å². The van der Waals surface area contributed by atoms with Gasteiger partial charge in [-0.2, -0.15) is 11.8 Å². The van der Waals surface area contributed by atoms with Gasteiger partial charge in [0.2, 0.25) is 0 Å². The minimum atomic E-state index is -0.842. The van der Waals surface area contributed by atoms with Gasteiger partial charge in [0.1, 0.15) is 10.8 Å². The molecule has 4 nitrogen and oxygen atoms in total. The van der Waals surface area contributed by atoms with Gasteiger partial charge in [-0.25, -0.2) is 0 Å². The Balaban J connectivity index is 2.10. The fourth-order valence-electron chi connectivity index (χ4n) is 3.07. The molecule has 3 aliphatic rings. The quantitative estimate of drug-likeness (QED) is 0.429. The van der Waals surface area contributed by atoms with E-state index in [1.807, 2.05) is 19.1 Å². The molecule has 4 unspecified atom stereocenters. The molecule has 0 N–H and O–H groups in total. The molecular weight excluding hydrogens is 240 g/mol. The van der Waals surface area contributed by atoms with Crippen LogP contribution in [0.25, 0.3) is 0 Å². The first kappa shape index (κ1) is 11.3. The number of carbonyl (C=O) groups excluding carboxylic acids is 2. The molecule has 0 aromatic heterocycles. The fraction of sp³-hybridized carbons (Fsp3) is 0.667. The zero-order chi connectivity index (χ0) is 12.3. The molecule has 3 rings (SSSR count). The second-order valence-electron chi connectivity index (χ2n) is 4.85. The van der Waals surface area contributed by atoms with Crippen molar-refractivity contribution in [3.63, 3.8) is 0 Å². The highest BCUT2D eigenvalue weighted by Crippen LogP contribution is 2.62. The summed E-state index contributed by atoms with van der Waals surface area (Å²) in [6, 6.07) is 0. The van der Waals surface area contributed by atoms with Crippen LogP contribution in [0.15, 0.2) is 12.2 Å². The molecule has 0 amide bonds. The Morgan fingerprint density at radius 2 is 2.00 bits per heavy atom. The highest BCUT2D eigenvalue weighted by Gasteiger charge is 2.77. The van der Waals surface area contributed by atoms with Gasteiger partial charge < -0.3 is 9.47 Å². The van der Waals surface area contributed by atoms with Crippen LogP contribution in [-0.4, -0.2) is 35.7 Å². The van der Waals surface area contributed by atoms with Crippen LogP contribution in [0.3, 0.4) is 0 Å². The second kappa shape index (κ2) is 3.36. The first-order valence-electron chi connectivity index (χ1n) is 5.75. The second-order valence-corrected chi connectivity index (χ2v) is 6.12. The first-order chi connectivity index (χ1) is 8.07. The molecule has 0 aliphatic carbocycles. The third-order valence-corrected chi connectivity index (χ3v) is 5.31. The monoisotopic (exact) mass is 254 g/mol. The van der Waals surface area contributed by atoms with E-state index in [4.69, 9.17) is 9.47 Å². The predicted molar refractivity (Wildman–Crippen MR) is 62.4 cm³/mol. The van der Waals surface area contributed by atoms with Crippen molar-refractivity contribution in [1.29, 1.82) is 0 Å². The predicted octanol–water partition coefficient (Wildman–Crippen LogP) is 1.15. The summed E-state index contributed by atoms with van der Waals surface area (Å²) in [6.45, 7) is 3.83. The summed E-state index contributed by atoms with van der Waals surface area (Å²) in [6.07, 6.45) is 3.14. The van der Waals surface area contributed by atoms with Crippen LogP contribution < -0.4 is 0 Å². The van der Waals surface area contributed by atoms with E-state index < -0.39 is 22.8 Å². The van der Waals surface area contributed by atoms with Crippen molar-refractivity contribution in [3.8, 4) is 0 Å². The van der Waals surface area contributed by atoms with Crippen molar-refractivity contribution in [2.24, 2.45) is 10.8 Å². The maximum atomic E-state index is 12.1. The molecule has 0 spiro atoms. The van der Waals surface area contributed by atoms with Crippen molar-refractivity contribution in [1.82, 2.24) is 0 Å². The Kier molecular flexibility index (Phi) is 2.23. The molecule has 2 saturated heterocycles. The minimum Gasteiger partial charge on any atom is -0.392 e. The molecule has 92 valence electrons. The van der Waals surface area contributed by atoms with Crippen molar-refractivity contribution < 1.29 is 19.1 Å². The third-order valence-electron chi connectivity index (χ3n) is 4.24. The largest absolute Gasteiger partial charge is 0.392 e. The topological polar surface area (TPSA) is 52.6 Å². The summed E-state index contributed by atoms with van der Waals surface area (Å²) >= 11 is 1.65. The van der Waals surface area contributed by atoms with E-state index in [1.165, 1.54) is 0 Å². The first-order valence-corrected chi connectivity index (χ1v) is 6.91. The van der Waals surface area contributed by atoms with Crippen LogP contribution in [-0.2, 0) is 19.1 Å². The maximum Gasteiger partial charge on any atom is 0.324 e. The van der Waals surface area contributed by atoms with Crippen molar-refractivity contribution in [3.05, 3.63) is 12.2 Å². The molecule has 5 heteroatoms. The molecule has 0 aromatic rings. The van der Waals surface area contributed by atoms with Crippen LogP contribution in [0.4, 0.5) is 0 Å². The molecule has 0 aromatic carbocycles. The van der Waals surface area contributed by atoms with Crippen molar-refractivity contribution >= 4 is 23.7 Å². The van der Waals surface area contributed by atoms with Crippen LogP contribution in [0, 0.1) is 10.8 Å². The van der Waals surface area contributed by atoms with Crippen LogP contribution in [0.2, 0.25) is 0 Å². The van der Waals surface area contributed by atoms with E-state index in [0.717, 1.165) is 5.75 Å². The highest BCUT2D eigenvalue weighted by molar-refractivity contribution is 7.99. The smallest absolute Gasteiger partial charge is 0.324 e. The molecule has 17 heavy (non-hydrogen) atoms. The van der Waals surface area contributed by atoms with Gasteiger partial charge in [0, 0.05) is 5.75 Å². The van der Waals surface area contributed by atoms with E-state index in [9.17, 15) is 9.59 Å². The summed E-state index contributed by atoms with van der Waals surface area (Å²) in [5.41, 5.74) is -1.66. The van der Waals surface area contributed by atoms with Crippen LogP contribution in [0.1, 0.15) is 13.8 Å². The lowest BCUT2D eigenvalue weighted by atomic mass is 9.61. The number of hydrogen-bond donors (Lipinski definition) is 0. The molecule has 3 aliphatic heterocycles. The highest BCUT2D eigenvalue weighted by atomic mass is 32.2. The van der Waals surface area contributed by atoms with Gasteiger partial charge in [-0.3, -0.25) is 9.59 Å². The molecule has 2 bridgehead atoms. The van der Waals surface area contributed by atoms with Gasteiger partial charge in [0.05, 0.1) is 12.2 Å². The zero-order valence-corrected chi connectivity index (χ0v) is 10.6. The summed E-state index contributed by atoms with van der Waals surface area (Å²) in [5, 5.41) is 0. The van der Waals surface area contributed by atoms with Crippen molar-refractivity contribution in [2.75, 3.05) is 11.5 Å². The lowest BCUT2D eigenvalue weighted by Gasteiger charge is -2.35. The summed E-state index contributed by atoms with van der Waals surface area (Å²) in [7, 11) is 0. The number of hydrogen-bond acceptors (Lipinski definition) is 5. The molecule has 3 heterocycles. The molecule has 2 fully saturated rings. The molecule has 0 saturated carbocycles. The third kappa shape index (κ3) is 1.05. The van der Waals surface area contributed by atoms with Crippen LogP contribution >= 0.6 is 11.8 Å². The van der Waals surface area contributed by atoms with E-state index >= 15 is 0 Å². The minimum absolute atomic E-state index is 0.310. The average Bonchev–Trinajstić information content (AvgIpc) is 2.91. The number of rotatable bonds is 3. The Bertz CT molecular complexity index is 432. The number of thioether (sulfide) groups is 1. The van der Waals surface area contributed by atoms with E-state index in [2.05, 4.69) is 0 Å². The molecule has 4 atom stereocenters. The standard InChI is InChI=1S/C12H14O4S/c1-3-17-6-12-8-5-4-7(15-8)11(12,2)9(13)16-10(12)14/h4-5,7-8H,3,6H2,1-2H3. The number of fused-ring (bicyclic) bond motifs is 5. The summed E-state index contributed by atoms with van der Waals surface area (Å²) in [5.74, 6) is 0.634. The summed E-state index contributed by atoms with van der Waals surface area (Å²) in [4.78, 5) is 24.1. The van der Waals surface area contributed by atoms with Crippen LogP contribution in [0.5, 0.6) is 0 Å². The maximum absolute atomic E-state index is 12.1. The fourth-order valence-corrected chi connectivity index (χ4v) is 4.18. The van der Waals surface area contributed by atoms with E-state index in [-0.39, 0.29) is 12.2 Å². The summed E-state index contributed by atoms with van der Waals surface area (Å²) < 4.78 is 10.6. The molecule has 0 radical (unpaired) electrons. The van der Waals surface area contributed by atoms with Gasteiger partial charge in [0.15, 0.2) is 0 Å². The Morgan fingerprint density at radius 3 is 2.71 bits per heavy atom. The zero-order valence-electron chi connectivity index (χ0n) is 9.76. The normalized spacial score (nSPS) is 46.5. The van der Waals surface area contributed by atoms with Gasteiger partial charge in [-0.05, 0) is 12.7 Å². The van der Waals surface area contributed by atoms with Crippen molar-refractivity contribution in [2.45, 2.75) is 26.1 Å². The van der Waals surface area contributed by atoms with Gasteiger partial charge in [-0.1, -0.05) is 19.1 Å². The molecular formula is C12H14O4S. The Hall–Kier alpha value is -0.810. The average molecular weight is 254 g/mol. The SMILES string of the molecule is CCSCC12C(=O)OC(=O)C1(C)C1C=CC2O1. The Morgan fingerprint density at radius 1 is 1.29 bits per heavy atom. The van der Waals surface area contributed by atoms with Gasteiger partial charge in [0.25, 0.3) is 0 Å². The number of esters is 2. The Labute approximate surface area is 104 Å². The van der Waals surface area contributed by atoms with E-state index in [0.29, 0.717) is 5.75 Å². The lowest BCUT2D eigenvalue weighted by molar-refractivity contribution is -0.159.